The van der Waals surface area contributed by atoms with Crippen molar-refractivity contribution in [3.05, 3.63) is 36.7 Å². The SMILES string of the molecule is CN(C)c1ccc(N=Nc2n(CCCN)cc[n+]2C)cc1.[Br-].[Br-]. The van der Waals surface area contributed by atoms with Gasteiger partial charge in [0.2, 0.25) is 0 Å². The second-order valence-corrected chi connectivity index (χ2v) is 5.16. The molecule has 1 heterocycles. The van der Waals surface area contributed by atoms with E-state index in [4.69, 9.17) is 5.73 Å². The Hall–Kier alpha value is -1.25. The van der Waals surface area contributed by atoms with Crippen LogP contribution in [0.15, 0.2) is 46.9 Å². The smallest absolute Gasteiger partial charge is 0.421 e. The van der Waals surface area contributed by atoms with Gasteiger partial charge in [0.1, 0.15) is 5.69 Å². The topological polar surface area (TPSA) is 62.8 Å². The molecule has 0 aliphatic carbocycles. The van der Waals surface area contributed by atoms with Gasteiger partial charge in [-0.3, -0.25) is 0 Å². The highest BCUT2D eigenvalue weighted by molar-refractivity contribution is 5.51. The molecule has 0 radical (unpaired) electrons. The molecule has 6 nitrogen and oxygen atoms in total. The summed E-state index contributed by atoms with van der Waals surface area (Å²) in [5.74, 6) is 0.820. The number of anilines is 1. The van der Waals surface area contributed by atoms with E-state index in [1.165, 1.54) is 0 Å². The fourth-order valence-electron chi connectivity index (χ4n) is 2.00. The summed E-state index contributed by atoms with van der Waals surface area (Å²) in [5, 5.41) is 8.67. The van der Waals surface area contributed by atoms with Gasteiger partial charge in [0.25, 0.3) is 0 Å². The van der Waals surface area contributed by atoms with E-state index in [0.29, 0.717) is 6.54 Å². The third-order valence-corrected chi connectivity index (χ3v) is 3.27. The highest BCUT2D eigenvalue weighted by Crippen LogP contribution is 2.20. The maximum Gasteiger partial charge on any atom is 0.421 e. The van der Waals surface area contributed by atoms with Crippen molar-refractivity contribution in [3.8, 4) is 0 Å². The van der Waals surface area contributed by atoms with E-state index < -0.39 is 0 Å². The summed E-state index contributed by atoms with van der Waals surface area (Å²) in [6.45, 7) is 1.52. The van der Waals surface area contributed by atoms with Gasteiger partial charge in [0.05, 0.1) is 26.0 Å². The van der Waals surface area contributed by atoms with Crippen LogP contribution in [-0.4, -0.2) is 25.2 Å². The molecule has 0 atom stereocenters. The zero-order valence-electron chi connectivity index (χ0n) is 13.7. The Balaban J connectivity index is 0.00000242. The van der Waals surface area contributed by atoms with Gasteiger partial charge in [-0.25, -0.2) is 9.13 Å². The minimum absolute atomic E-state index is 0. The molecule has 0 unspecified atom stereocenters. The minimum Gasteiger partial charge on any atom is -1.00 e. The number of halogens is 2. The summed E-state index contributed by atoms with van der Waals surface area (Å²) in [6, 6.07) is 7.99. The van der Waals surface area contributed by atoms with Crippen molar-refractivity contribution in [3.63, 3.8) is 0 Å². The summed E-state index contributed by atoms with van der Waals surface area (Å²) in [6.07, 6.45) is 4.90. The van der Waals surface area contributed by atoms with Crippen LogP contribution in [0.25, 0.3) is 0 Å². The first-order chi connectivity index (χ1) is 10.1. The molecule has 23 heavy (non-hydrogen) atoms. The lowest BCUT2D eigenvalue weighted by Gasteiger charge is -2.11. The van der Waals surface area contributed by atoms with Gasteiger partial charge in [-0.2, -0.15) is 0 Å². The van der Waals surface area contributed by atoms with Crippen molar-refractivity contribution < 1.29 is 38.5 Å². The number of benzene rings is 1. The molecule has 8 heteroatoms. The van der Waals surface area contributed by atoms with E-state index >= 15 is 0 Å². The van der Waals surface area contributed by atoms with Gasteiger partial charge < -0.3 is 44.6 Å². The van der Waals surface area contributed by atoms with Crippen molar-refractivity contribution in [2.24, 2.45) is 23.0 Å². The van der Waals surface area contributed by atoms with Crippen LogP contribution in [0.4, 0.5) is 17.3 Å². The van der Waals surface area contributed by atoms with Crippen LogP contribution in [0.1, 0.15) is 6.42 Å². The van der Waals surface area contributed by atoms with Gasteiger partial charge >= 0.3 is 5.95 Å². The second kappa shape index (κ2) is 10.5. The van der Waals surface area contributed by atoms with Crippen molar-refractivity contribution in [1.29, 1.82) is 0 Å². The largest absolute Gasteiger partial charge is 1.00 e. The molecule has 0 saturated carbocycles. The fourth-order valence-corrected chi connectivity index (χ4v) is 2.00. The van der Waals surface area contributed by atoms with Gasteiger partial charge in [-0.15, -0.1) is 0 Å². The van der Waals surface area contributed by atoms with Crippen LogP contribution in [0.5, 0.6) is 0 Å². The van der Waals surface area contributed by atoms with Crippen molar-refractivity contribution in [2.45, 2.75) is 13.0 Å². The van der Waals surface area contributed by atoms with E-state index in [-0.39, 0.29) is 34.0 Å². The van der Waals surface area contributed by atoms with Crippen LogP contribution >= 0.6 is 0 Å². The summed E-state index contributed by atoms with van der Waals surface area (Å²) < 4.78 is 4.01. The number of imidazole rings is 1. The molecule has 0 aliphatic heterocycles. The molecule has 0 aliphatic rings. The molecule has 0 saturated heterocycles. The predicted octanol–water partition coefficient (Wildman–Crippen LogP) is -3.85. The van der Waals surface area contributed by atoms with Crippen LogP contribution in [0.3, 0.4) is 0 Å². The normalized spacial score (nSPS) is 10.3. The Morgan fingerprint density at radius 3 is 2.35 bits per heavy atom. The van der Waals surface area contributed by atoms with E-state index in [2.05, 4.69) is 19.7 Å². The Kier molecular flexibility index (Phi) is 9.94. The zero-order valence-corrected chi connectivity index (χ0v) is 16.8. The maximum atomic E-state index is 5.56. The number of hydrogen-bond donors (Lipinski definition) is 1. The Labute approximate surface area is 158 Å². The standard InChI is InChI=1S/C15H23N6.2BrH/c1-19(2)14-7-5-13(6-8-14)17-18-15-20(3)11-12-21(15)10-4-9-16;;/h5-8,11-12H,4,9-10,16H2,1-3H3;2*1H/q+1;;/p-2. The molecule has 0 fully saturated rings. The van der Waals surface area contributed by atoms with E-state index in [0.717, 1.165) is 30.3 Å². The summed E-state index contributed by atoms with van der Waals surface area (Å²) in [4.78, 5) is 2.05. The first kappa shape index (κ1) is 21.8. The highest BCUT2D eigenvalue weighted by atomic mass is 79.9. The molecule has 0 amide bonds. The molecule has 0 spiro atoms. The van der Waals surface area contributed by atoms with Gasteiger partial charge in [0, 0.05) is 24.9 Å². The molecule has 1 aromatic heterocycles. The van der Waals surface area contributed by atoms with Crippen molar-refractivity contribution in [1.82, 2.24) is 4.57 Å². The molecule has 128 valence electrons. The minimum atomic E-state index is 0. The number of rotatable bonds is 6. The van der Waals surface area contributed by atoms with Crippen LogP contribution in [0.2, 0.25) is 0 Å². The monoisotopic (exact) mass is 445 g/mol. The molecule has 2 N–H and O–H groups in total. The highest BCUT2D eigenvalue weighted by Gasteiger charge is 2.13. The Bertz CT molecular complexity index is 607. The molecular weight excluding hydrogens is 424 g/mol. The average Bonchev–Trinajstić information content (AvgIpc) is 2.83. The fraction of sp³-hybridized carbons (Fsp3) is 0.400. The number of azo groups is 1. The number of nitrogens with two attached hydrogens (primary N) is 1. The van der Waals surface area contributed by atoms with Crippen molar-refractivity contribution in [2.75, 3.05) is 25.5 Å². The summed E-state index contributed by atoms with van der Waals surface area (Å²) in [5.41, 5.74) is 7.54. The first-order valence-corrected chi connectivity index (χ1v) is 7.06. The maximum absolute atomic E-state index is 5.56. The number of hydrogen-bond acceptors (Lipinski definition) is 4. The zero-order chi connectivity index (χ0) is 15.2. The van der Waals surface area contributed by atoms with Gasteiger partial charge in [0.15, 0.2) is 0 Å². The van der Waals surface area contributed by atoms with E-state index in [1.807, 2.05) is 62.4 Å². The number of nitrogens with zero attached hydrogens (tertiary/aromatic N) is 5. The quantitative estimate of drug-likeness (QED) is 0.365. The average molecular weight is 447 g/mol. The summed E-state index contributed by atoms with van der Waals surface area (Å²) in [7, 11) is 5.99. The number of aromatic nitrogens is 2. The van der Waals surface area contributed by atoms with Crippen LogP contribution in [-0.2, 0) is 13.6 Å². The molecular formula is C15H23Br2N6-. The van der Waals surface area contributed by atoms with Crippen LogP contribution < -0.4 is 49.2 Å². The molecule has 1 aromatic carbocycles. The number of aryl methyl sites for hydroxylation is 2. The molecule has 2 aromatic rings. The lowest BCUT2D eigenvalue weighted by atomic mass is 10.3. The lowest BCUT2D eigenvalue weighted by Crippen LogP contribution is -3.00. The molecule has 0 bridgehead atoms. The third-order valence-electron chi connectivity index (χ3n) is 3.27. The molecule has 2 rings (SSSR count). The van der Waals surface area contributed by atoms with Gasteiger partial charge in [-0.1, -0.05) is 5.11 Å². The predicted molar refractivity (Wildman–Crippen MR) is 84.2 cm³/mol. The third kappa shape index (κ3) is 6.04. The lowest BCUT2D eigenvalue weighted by molar-refractivity contribution is -0.657. The Morgan fingerprint density at radius 2 is 1.78 bits per heavy atom. The second-order valence-electron chi connectivity index (χ2n) is 5.16. The summed E-state index contributed by atoms with van der Waals surface area (Å²) >= 11 is 0. The van der Waals surface area contributed by atoms with Gasteiger partial charge in [-0.05, 0) is 37.2 Å². The van der Waals surface area contributed by atoms with Crippen LogP contribution in [0, 0.1) is 0 Å². The van der Waals surface area contributed by atoms with E-state index in [9.17, 15) is 0 Å². The van der Waals surface area contributed by atoms with E-state index in [1.54, 1.807) is 0 Å². The Morgan fingerprint density at radius 1 is 1.13 bits per heavy atom. The van der Waals surface area contributed by atoms with Crippen molar-refractivity contribution >= 4 is 17.3 Å². The first-order valence-electron chi connectivity index (χ1n) is 7.06.